The van der Waals surface area contributed by atoms with Crippen LogP contribution in [0.25, 0.3) is 11.0 Å². The first-order valence-corrected chi connectivity index (χ1v) is 7.82. The van der Waals surface area contributed by atoms with Crippen LogP contribution >= 0.6 is 0 Å². The Balaban J connectivity index is 1.85. The van der Waals surface area contributed by atoms with Crippen LogP contribution in [0, 0.1) is 0 Å². The Morgan fingerprint density at radius 2 is 1.73 bits per heavy atom. The Hall–Kier alpha value is -3.48. The monoisotopic (exact) mass is 356 g/mol. The van der Waals surface area contributed by atoms with Gasteiger partial charge in [0.05, 0.1) is 19.1 Å². The third-order valence-electron chi connectivity index (χ3n) is 3.47. The van der Waals surface area contributed by atoms with Crippen molar-refractivity contribution in [3.63, 3.8) is 0 Å². The summed E-state index contributed by atoms with van der Waals surface area (Å²) in [7, 11) is 1.56. The minimum absolute atomic E-state index is 0.0433. The lowest BCUT2D eigenvalue weighted by Crippen LogP contribution is -2.10. The van der Waals surface area contributed by atoms with Crippen LogP contribution in [-0.4, -0.2) is 19.9 Å². The molecule has 0 bridgehead atoms. The Morgan fingerprint density at radius 3 is 2.42 bits per heavy atom. The molecule has 0 aliphatic rings. The molecule has 3 rings (SSSR count). The Bertz CT molecular complexity index is 973. The maximum Gasteiger partial charge on any atom is 0.513 e. The molecule has 0 radical (unpaired) electrons. The molecule has 7 nitrogen and oxygen atoms in total. The van der Waals surface area contributed by atoms with E-state index in [2.05, 4.69) is 0 Å². The first-order chi connectivity index (χ1) is 12.6. The van der Waals surface area contributed by atoms with Gasteiger partial charge in [0.2, 0.25) is 11.2 Å². The zero-order chi connectivity index (χ0) is 18.5. The summed E-state index contributed by atoms with van der Waals surface area (Å²) < 4.78 is 25.8. The molecule has 0 amide bonds. The van der Waals surface area contributed by atoms with E-state index in [-0.39, 0.29) is 29.1 Å². The summed E-state index contributed by atoms with van der Waals surface area (Å²) in [5.74, 6) is 1.40. The summed E-state index contributed by atoms with van der Waals surface area (Å²) in [5, 5.41) is 0.298. The quantitative estimate of drug-likeness (QED) is 0.502. The molecule has 0 aliphatic heterocycles. The minimum atomic E-state index is -0.825. The highest BCUT2D eigenvalue weighted by atomic mass is 16.7. The zero-order valence-electron chi connectivity index (χ0n) is 14.2. The first kappa shape index (κ1) is 17.3. The predicted octanol–water partition coefficient (Wildman–Crippen LogP) is 4.13. The lowest BCUT2D eigenvalue weighted by atomic mass is 10.2. The second kappa shape index (κ2) is 7.60. The van der Waals surface area contributed by atoms with Crippen LogP contribution in [0.5, 0.6) is 23.0 Å². The molecule has 2 aromatic carbocycles. The highest BCUT2D eigenvalue weighted by Gasteiger charge is 2.12. The average Bonchev–Trinajstić information content (AvgIpc) is 2.65. The molecule has 0 N–H and O–H groups in total. The van der Waals surface area contributed by atoms with Gasteiger partial charge < -0.3 is 23.4 Å². The van der Waals surface area contributed by atoms with Crippen LogP contribution in [-0.2, 0) is 4.74 Å². The summed E-state index contributed by atoms with van der Waals surface area (Å²) in [6.07, 6.45) is 0.386. The Morgan fingerprint density at radius 1 is 1.04 bits per heavy atom. The van der Waals surface area contributed by atoms with Crippen molar-refractivity contribution in [2.45, 2.75) is 6.92 Å². The fraction of sp³-hybridized carbons (Fsp3) is 0.158. The van der Waals surface area contributed by atoms with E-state index in [1.165, 1.54) is 24.5 Å². The van der Waals surface area contributed by atoms with Gasteiger partial charge in [-0.2, -0.15) is 0 Å². The SMILES string of the molecule is CCOC(=O)Oc1ccc2c(=O)c(Oc3ccc(OC)cc3)coc2c1. The fourth-order valence-corrected chi connectivity index (χ4v) is 2.24. The molecule has 26 heavy (non-hydrogen) atoms. The van der Waals surface area contributed by atoms with Crippen molar-refractivity contribution in [1.29, 1.82) is 0 Å². The summed E-state index contributed by atoms with van der Waals surface area (Å²) in [6.45, 7) is 1.87. The Kier molecular flexibility index (Phi) is 5.07. The van der Waals surface area contributed by atoms with Crippen molar-refractivity contribution in [3.05, 3.63) is 59.0 Å². The van der Waals surface area contributed by atoms with Gasteiger partial charge in [-0.1, -0.05) is 0 Å². The number of hydrogen-bond acceptors (Lipinski definition) is 7. The fourth-order valence-electron chi connectivity index (χ4n) is 2.24. The van der Waals surface area contributed by atoms with Crippen LogP contribution in [0.3, 0.4) is 0 Å². The van der Waals surface area contributed by atoms with Crippen molar-refractivity contribution in [1.82, 2.24) is 0 Å². The molecule has 0 spiro atoms. The van der Waals surface area contributed by atoms with E-state index >= 15 is 0 Å². The van der Waals surface area contributed by atoms with Crippen molar-refractivity contribution >= 4 is 17.1 Å². The number of ether oxygens (including phenoxy) is 4. The summed E-state index contributed by atoms with van der Waals surface area (Å²) in [4.78, 5) is 23.9. The molecule has 7 heteroatoms. The van der Waals surface area contributed by atoms with Crippen molar-refractivity contribution in [2.24, 2.45) is 0 Å². The third-order valence-corrected chi connectivity index (χ3v) is 3.47. The lowest BCUT2D eigenvalue weighted by Gasteiger charge is -2.07. The maximum atomic E-state index is 12.5. The third kappa shape index (κ3) is 3.77. The minimum Gasteiger partial charge on any atom is -0.497 e. The van der Waals surface area contributed by atoms with E-state index in [0.29, 0.717) is 16.9 Å². The van der Waals surface area contributed by atoms with E-state index in [1.807, 2.05) is 0 Å². The molecule has 0 saturated heterocycles. The summed E-state index contributed by atoms with van der Waals surface area (Å²) in [6, 6.07) is 11.2. The van der Waals surface area contributed by atoms with Crippen molar-refractivity contribution < 1.29 is 28.2 Å². The van der Waals surface area contributed by atoms with Gasteiger partial charge in [0, 0.05) is 6.07 Å². The second-order valence-corrected chi connectivity index (χ2v) is 5.15. The summed E-state index contributed by atoms with van der Waals surface area (Å²) >= 11 is 0. The number of carbonyl (C=O) groups is 1. The molecule has 134 valence electrons. The van der Waals surface area contributed by atoms with Crippen LogP contribution in [0.4, 0.5) is 4.79 Å². The highest BCUT2D eigenvalue weighted by Crippen LogP contribution is 2.25. The normalized spacial score (nSPS) is 10.4. The van der Waals surface area contributed by atoms with Crippen LogP contribution < -0.4 is 19.6 Å². The zero-order valence-corrected chi connectivity index (χ0v) is 14.2. The van der Waals surface area contributed by atoms with Crippen LogP contribution in [0.1, 0.15) is 6.92 Å². The van der Waals surface area contributed by atoms with Gasteiger partial charge in [-0.05, 0) is 43.3 Å². The first-order valence-electron chi connectivity index (χ1n) is 7.82. The number of rotatable bonds is 5. The van der Waals surface area contributed by atoms with E-state index in [1.54, 1.807) is 38.3 Å². The van der Waals surface area contributed by atoms with Crippen molar-refractivity contribution in [3.8, 4) is 23.0 Å². The number of carbonyl (C=O) groups excluding carboxylic acids is 1. The van der Waals surface area contributed by atoms with Gasteiger partial charge >= 0.3 is 6.16 Å². The standard InChI is InChI=1S/C19H16O7/c1-3-23-19(21)26-14-8-9-15-16(10-14)24-11-17(18(15)20)25-13-6-4-12(22-2)5-7-13/h4-11H,3H2,1-2H3. The molecule has 0 unspecified atom stereocenters. The van der Waals surface area contributed by atoms with Gasteiger partial charge in [0.25, 0.3) is 0 Å². The number of methoxy groups -OCH3 is 1. The van der Waals surface area contributed by atoms with Gasteiger partial charge in [0.15, 0.2) is 0 Å². The average molecular weight is 356 g/mol. The molecule has 0 saturated carbocycles. The van der Waals surface area contributed by atoms with E-state index in [0.717, 1.165) is 0 Å². The molecule has 0 aliphatic carbocycles. The molecular weight excluding hydrogens is 340 g/mol. The largest absolute Gasteiger partial charge is 0.513 e. The maximum absolute atomic E-state index is 12.5. The van der Waals surface area contributed by atoms with Gasteiger partial charge in [0.1, 0.15) is 29.1 Å². The lowest BCUT2D eigenvalue weighted by molar-refractivity contribution is 0.104. The van der Waals surface area contributed by atoms with E-state index < -0.39 is 6.16 Å². The topological polar surface area (TPSA) is 84.2 Å². The molecule has 1 aromatic heterocycles. The number of benzene rings is 2. The van der Waals surface area contributed by atoms with Crippen LogP contribution in [0.15, 0.2) is 57.9 Å². The predicted molar refractivity (Wildman–Crippen MR) is 93.2 cm³/mol. The molecule has 0 atom stereocenters. The Labute approximate surface area is 148 Å². The smallest absolute Gasteiger partial charge is 0.497 e. The molecule has 0 fully saturated rings. The van der Waals surface area contributed by atoms with Crippen LogP contribution in [0.2, 0.25) is 0 Å². The molecule has 1 heterocycles. The second-order valence-electron chi connectivity index (χ2n) is 5.15. The summed E-state index contributed by atoms with van der Waals surface area (Å²) in [5.41, 5.74) is -0.0800. The number of fused-ring (bicyclic) bond motifs is 1. The number of hydrogen-bond donors (Lipinski definition) is 0. The molecular formula is C19H16O7. The van der Waals surface area contributed by atoms with E-state index in [9.17, 15) is 9.59 Å². The van der Waals surface area contributed by atoms with Gasteiger partial charge in [-0.3, -0.25) is 4.79 Å². The van der Waals surface area contributed by atoms with Crippen molar-refractivity contribution in [2.75, 3.05) is 13.7 Å². The van der Waals surface area contributed by atoms with Gasteiger partial charge in [-0.25, -0.2) is 4.79 Å². The highest BCUT2D eigenvalue weighted by molar-refractivity contribution is 5.80. The van der Waals surface area contributed by atoms with E-state index in [4.69, 9.17) is 23.4 Å². The molecule has 3 aromatic rings. The van der Waals surface area contributed by atoms with Gasteiger partial charge in [-0.15, -0.1) is 0 Å².